The third kappa shape index (κ3) is 8.68. The number of benzene rings is 2. The van der Waals surface area contributed by atoms with Gasteiger partial charge in [0.05, 0.1) is 29.0 Å². The molecule has 7 nitrogen and oxygen atoms in total. The van der Waals surface area contributed by atoms with E-state index >= 15 is 0 Å². The molecule has 3 aromatic rings. The lowest BCUT2D eigenvalue weighted by Gasteiger charge is -2.25. The first kappa shape index (κ1) is 29.9. The zero-order valence-electron chi connectivity index (χ0n) is 21.5. The molecule has 1 heterocycles. The number of nitrogens with zero attached hydrogens (tertiary/aromatic N) is 2. The third-order valence-corrected chi connectivity index (χ3v) is 6.59. The molecule has 39 heavy (non-hydrogen) atoms. The zero-order chi connectivity index (χ0) is 28.6. The summed E-state index contributed by atoms with van der Waals surface area (Å²) in [5, 5.41) is 12.0. The van der Waals surface area contributed by atoms with Crippen LogP contribution in [0, 0.1) is 5.92 Å². The average molecular weight is 564 g/mol. The van der Waals surface area contributed by atoms with E-state index in [1.165, 1.54) is 18.5 Å². The summed E-state index contributed by atoms with van der Waals surface area (Å²) < 4.78 is 44.6. The Labute approximate surface area is 229 Å². The van der Waals surface area contributed by atoms with Crippen LogP contribution in [0.15, 0.2) is 54.9 Å². The minimum Gasteiger partial charge on any atom is -0.488 e. The Morgan fingerprint density at radius 1 is 1.08 bits per heavy atom. The van der Waals surface area contributed by atoms with Crippen LogP contribution in [0.2, 0.25) is 5.02 Å². The van der Waals surface area contributed by atoms with Crippen LogP contribution in [0.3, 0.4) is 0 Å². The van der Waals surface area contributed by atoms with Crippen molar-refractivity contribution in [1.82, 2.24) is 9.97 Å². The highest BCUT2D eigenvalue weighted by Gasteiger charge is 2.31. The number of aromatic nitrogens is 2. The monoisotopic (exact) mass is 563 g/mol. The second kappa shape index (κ2) is 13.4. The van der Waals surface area contributed by atoms with Gasteiger partial charge in [-0.15, -0.1) is 0 Å². The van der Waals surface area contributed by atoms with Crippen LogP contribution in [0.4, 0.5) is 18.9 Å². The molecule has 0 aliphatic rings. The van der Waals surface area contributed by atoms with Gasteiger partial charge in [-0.25, -0.2) is 9.97 Å². The van der Waals surface area contributed by atoms with E-state index in [0.717, 1.165) is 24.2 Å². The minimum absolute atomic E-state index is 0.0431. The summed E-state index contributed by atoms with van der Waals surface area (Å²) in [6, 6.07) is 9.93. The number of carbonyl (C=O) groups is 2. The molecular weight excluding hydrogens is 535 g/mol. The Morgan fingerprint density at radius 2 is 1.74 bits per heavy atom. The highest BCUT2D eigenvalue weighted by atomic mass is 35.5. The fourth-order valence-electron chi connectivity index (χ4n) is 3.73. The summed E-state index contributed by atoms with van der Waals surface area (Å²) in [6.07, 6.45) is -0.313. The van der Waals surface area contributed by atoms with Gasteiger partial charge in [0.15, 0.2) is 17.4 Å². The third-order valence-electron chi connectivity index (χ3n) is 6.28. The molecule has 0 bridgehead atoms. The van der Waals surface area contributed by atoms with Crippen molar-refractivity contribution >= 4 is 29.0 Å². The fourth-order valence-corrected chi connectivity index (χ4v) is 4.00. The summed E-state index contributed by atoms with van der Waals surface area (Å²) >= 11 is 6.04. The van der Waals surface area contributed by atoms with Crippen molar-refractivity contribution in [3.8, 4) is 17.1 Å². The number of Topliss-reactive ketones (excluding diaryl/α,β-unsaturated/α-hetero) is 1. The molecule has 0 spiro atoms. The number of hydrogen-bond donors (Lipinski definition) is 2. The summed E-state index contributed by atoms with van der Waals surface area (Å²) in [4.78, 5) is 31.3. The SMILES string of the molecule is CCC(C)[C@@H](COc1cnc(-c2ccc(C(F)(F)F)cc2Cl)nc1)Nc1ccc(C(=O)CCCC(=O)O)cc1. The van der Waals surface area contributed by atoms with E-state index in [0.29, 0.717) is 17.7 Å². The molecule has 11 heteroatoms. The van der Waals surface area contributed by atoms with Crippen LogP contribution in [0.1, 0.15) is 55.5 Å². The van der Waals surface area contributed by atoms with Gasteiger partial charge in [-0.1, -0.05) is 31.9 Å². The minimum atomic E-state index is -4.50. The first-order valence-corrected chi connectivity index (χ1v) is 12.8. The second-order valence-electron chi connectivity index (χ2n) is 9.13. The van der Waals surface area contributed by atoms with E-state index in [1.54, 1.807) is 24.3 Å². The molecule has 0 aliphatic carbocycles. The van der Waals surface area contributed by atoms with E-state index in [1.807, 2.05) is 0 Å². The van der Waals surface area contributed by atoms with Crippen LogP contribution in [-0.4, -0.2) is 39.5 Å². The summed E-state index contributed by atoms with van der Waals surface area (Å²) in [5.41, 5.74) is 0.748. The maximum absolute atomic E-state index is 12.9. The maximum Gasteiger partial charge on any atom is 0.416 e. The van der Waals surface area contributed by atoms with Crippen molar-refractivity contribution in [2.24, 2.45) is 5.92 Å². The van der Waals surface area contributed by atoms with E-state index < -0.39 is 17.7 Å². The number of anilines is 1. The highest BCUT2D eigenvalue weighted by molar-refractivity contribution is 6.33. The molecule has 0 saturated carbocycles. The number of nitrogens with one attached hydrogen (secondary N) is 1. The van der Waals surface area contributed by atoms with Crippen molar-refractivity contribution in [3.63, 3.8) is 0 Å². The van der Waals surface area contributed by atoms with Gasteiger partial charge in [0.2, 0.25) is 0 Å². The zero-order valence-corrected chi connectivity index (χ0v) is 22.2. The lowest BCUT2D eigenvalue weighted by Crippen LogP contribution is -2.33. The molecule has 1 unspecified atom stereocenters. The van der Waals surface area contributed by atoms with Crippen molar-refractivity contribution < 1.29 is 32.6 Å². The van der Waals surface area contributed by atoms with Gasteiger partial charge >= 0.3 is 12.1 Å². The number of rotatable bonds is 13. The lowest BCUT2D eigenvalue weighted by atomic mass is 9.99. The predicted molar refractivity (Wildman–Crippen MR) is 142 cm³/mol. The number of hydrogen-bond acceptors (Lipinski definition) is 6. The van der Waals surface area contributed by atoms with Crippen molar-refractivity contribution in [3.05, 3.63) is 71.0 Å². The van der Waals surface area contributed by atoms with Gasteiger partial charge in [0.25, 0.3) is 0 Å². The van der Waals surface area contributed by atoms with E-state index in [4.69, 9.17) is 21.4 Å². The van der Waals surface area contributed by atoms with Crippen molar-refractivity contribution in [2.75, 3.05) is 11.9 Å². The predicted octanol–water partition coefficient (Wildman–Crippen LogP) is 7.16. The van der Waals surface area contributed by atoms with E-state index in [-0.39, 0.29) is 53.6 Å². The Bertz CT molecular complexity index is 1270. The highest BCUT2D eigenvalue weighted by Crippen LogP contribution is 2.34. The summed E-state index contributed by atoms with van der Waals surface area (Å²) in [6.45, 7) is 4.42. The van der Waals surface area contributed by atoms with Gasteiger partial charge in [0.1, 0.15) is 6.61 Å². The van der Waals surface area contributed by atoms with Gasteiger partial charge in [-0.2, -0.15) is 13.2 Å². The molecule has 0 saturated heterocycles. The molecule has 2 aromatic carbocycles. The molecule has 1 aromatic heterocycles. The molecular formula is C28H29ClF3N3O4. The topological polar surface area (TPSA) is 101 Å². The van der Waals surface area contributed by atoms with Gasteiger partial charge in [0, 0.05) is 29.7 Å². The number of alkyl halides is 3. The first-order valence-electron chi connectivity index (χ1n) is 12.4. The first-order chi connectivity index (χ1) is 18.5. The lowest BCUT2D eigenvalue weighted by molar-refractivity contribution is -0.138. The quantitative estimate of drug-likeness (QED) is 0.213. The Morgan fingerprint density at radius 3 is 2.31 bits per heavy atom. The van der Waals surface area contributed by atoms with Crippen LogP contribution in [-0.2, 0) is 11.0 Å². The number of ether oxygens (including phenoxy) is 1. The van der Waals surface area contributed by atoms with E-state index in [2.05, 4.69) is 29.1 Å². The molecule has 2 N–H and O–H groups in total. The Hall–Kier alpha value is -3.66. The Kier molecular flexibility index (Phi) is 10.3. The molecule has 0 fully saturated rings. The van der Waals surface area contributed by atoms with Crippen LogP contribution in [0.25, 0.3) is 11.4 Å². The molecule has 2 atom stereocenters. The number of halogens is 4. The molecule has 208 valence electrons. The summed E-state index contributed by atoms with van der Waals surface area (Å²) in [5.74, 6) is -0.236. The Balaban J connectivity index is 1.61. The number of carboxylic acid groups (broad SMARTS) is 1. The van der Waals surface area contributed by atoms with Gasteiger partial charge in [-0.3, -0.25) is 9.59 Å². The maximum atomic E-state index is 12.9. The fraction of sp³-hybridized carbons (Fsp3) is 0.357. The normalized spacial score (nSPS) is 13.0. The number of carbonyl (C=O) groups excluding carboxylic acids is 1. The number of carboxylic acids is 1. The second-order valence-corrected chi connectivity index (χ2v) is 9.54. The van der Waals surface area contributed by atoms with Gasteiger partial charge < -0.3 is 15.2 Å². The molecule has 3 rings (SSSR count). The largest absolute Gasteiger partial charge is 0.488 e. The van der Waals surface area contributed by atoms with Gasteiger partial charge in [-0.05, 0) is 54.8 Å². The standard InChI is InChI=1S/C28H29ClF3N3O4/c1-3-17(2)24(35-20-10-7-18(8-11-20)25(36)5-4-6-26(37)38)16-39-21-14-33-27(34-15-21)22-12-9-19(13-23(22)29)28(30,31)32/h7-15,17,24,35H,3-6,16H2,1-2H3,(H,37,38)/t17?,24-/m1/s1. The number of ketones is 1. The molecule has 0 amide bonds. The van der Waals surface area contributed by atoms with Crippen LogP contribution in [0.5, 0.6) is 5.75 Å². The van der Waals surface area contributed by atoms with Crippen LogP contribution < -0.4 is 10.1 Å². The van der Waals surface area contributed by atoms with Crippen molar-refractivity contribution in [2.45, 2.75) is 51.7 Å². The van der Waals surface area contributed by atoms with E-state index in [9.17, 15) is 22.8 Å². The summed E-state index contributed by atoms with van der Waals surface area (Å²) in [7, 11) is 0. The molecule has 0 aliphatic heterocycles. The number of aliphatic carboxylic acids is 1. The average Bonchev–Trinajstić information content (AvgIpc) is 2.90. The van der Waals surface area contributed by atoms with Crippen molar-refractivity contribution in [1.29, 1.82) is 0 Å². The van der Waals surface area contributed by atoms with Crippen LogP contribution >= 0.6 is 11.6 Å². The smallest absolute Gasteiger partial charge is 0.416 e. The molecule has 0 radical (unpaired) electrons.